The highest BCUT2D eigenvalue weighted by Gasteiger charge is 2.09. The number of rotatable bonds is 9. The monoisotopic (exact) mass is 264 g/mol. The molecule has 0 unspecified atom stereocenters. The Morgan fingerprint density at radius 2 is 1.84 bits per heavy atom. The average molecular weight is 264 g/mol. The van der Waals surface area contributed by atoms with Crippen LogP contribution in [0.1, 0.15) is 62.2 Å². The number of Topliss-reactive ketones (excluding diaryl/α,β-unsaturated/α-hetero) is 1. The Bertz CT molecular complexity index is 399. The van der Waals surface area contributed by atoms with E-state index < -0.39 is 0 Å². The van der Waals surface area contributed by atoms with Crippen LogP contribution in [0.5, 0.6) is 11.5 Å². The van der Waals surface area contributed by atoms with Crippen LogP contribution < -0.4 is 4.74 Å². The lowest BCUT2D eigenvalue weighted by molar-refractivity contribution is 0.0978. The maximum absolute atomic E-state index is 12.0. The van der Waals surface area contributed by atoms with Crippen molar-refractivity contribution >= 4 is 5.78 Å². The first-order chi connectivity index (χ1) is 9.19. The van der Waals surface area contributed by atoms with E-state index in [4.69, 9.17) is 4.74 Å². The number of hydrogen-bond donors (Lipinski definition) is 1. The highest BCUT2D eigenvalue weighted by molar-refractivity contribution is 5.96. The minimum absolute atomic E-state index is 0.0682. The quantitative estimate of drug-likeness (QED) is 0.533. The Hall–Kier alpha value is -1.51. The highest BCUT2D eigenvalue weighted by Crippen LogP contribution is 2.27. The summed E-state index contributed by atoms with van der Waals surface area (Å²) in [6.07, 6.45) is 7.61. The zero-order valence-electron chi connectivity index (χ0n) is 11.9. The molecule has 19 heavy (non-hydrogen) atoms. The van der Waals surface area contributed by atoms with Gasteiger partial charge in [0.15, 0.2) is 17.3 Å². The van der Waals surface area contributed by atoms with Crippen molar-refractivity contribution in [1.82, 2.24) is 0 Å². The van der Waals surface area contributed by atoms with Gasteiger partial charge in [0.1, 0.15) is 0 Å². The van der Waals surface area contributed by atoms with Crippen LogP contribution >= 0.6 is 0 Å². The third kappa shape index (κ3) is 5.33. The van der Waals surface area contributed by atoms with E-state index in [0.29, 0.717) is 17.7 Å². The van der Waals surface area contributed by atoms with Crippen molar-refractivity contribution in [2.45, 2.75) is 51.9 Å². The molecule has 1 N–H and O–H groups in total. The number of phenols is 1. The van der Waals surface area contributed by atoms with Crippen LogP contribution in [0.2, 0.25) is 0 Å². The first kappa shape index (κ1) is 15.5. The predicted octanol–water partition coefficient (Wildman–Crippen LogP) is 4.33. The van der Waals surface area contributed by atoms with E-state index in [-0.39, 0.29) is 11.5 Å². The largest absolute Gasteiger partial charge is 0.504 e. The maximum atomic E-state index is 12.0. The maximum Gasteiger partial charge on any atom is 0.163 e. The lowest BCUT2D eigenvalue weighted by atomic mass is 10.0. The molecule has 106 valence electrons. The molecule has 0 saturated carbocycles. The Morgan fingerprint density at radius 3 is 2.53 bits per heavy atom. The van der Waals surface area contributed by atoms with Crippen LogP contribution in [0.25, 0.3) is 0 Å². The second kappa shape index (κ2) is 8.57. The molecule has 0 spiro atoms. The van der Waals surface area contributed by atoms with Gasteiger partial charge in [0, 0.05) is 12.0 Å². The summed E-state index contributed by atoms with van der Waals surface area (Å²) in [6, 6.07) is 4.76. The molecule has 1 aromatic carbocycles. The first-order valence-electron chi connectivity index (χ1n) is 7.09. The van der Waals surface area contributed by atoms with Crippen molar-refractivity contribution in [2.24, 2.45) is 0 Å². The Labute approximate surface area is 115 Å². The number of carbonyl (C=O) groups is 1. The van der Waals surface area contributed by atoms with Crippen molar-refractivity contribution in [3.8, 4) is 11.5 Å². The lowest BCUT2D eigenvalue weighted by Crippen LogP contribution is -1.99. The molecule has 0 heterocycles. The lowest BCUT2D eigenvalue weighted by Gasteiger charge is -2.06. The third-order valence-corrected chi connectivity index (χ3v) is 3.26. The number of unbranched alkanes of at least 4 members (excludes halogenated alkanes) is 5. The Balaban J connectivity index is 2.37. The van der Waals surface area contributed by atoms with Gasteiger partial charge in [0.25, 0.3) is 0 Å². The number of hydrogen-bond acceptors (Lipinski definition) is 3. The Morgan fingerprint density at radius 1 is 1.16 bits per heavy atom. The molecular weight excluding hydrogens is 240 g/mol. The van der Waals surface area contributed by atoms with Crippen LogP contribution in [-0.2, 0) is 0 Å². The molecule has 0 aliphatic carbocycles. The fraction of sp³-hybridized carbons (Fsp3) is 0.562. The van der Waals surface area contributed by atoms with Gasteiger partial charge in [-0.2, -0.15) is 0 Å². The summed E-state index contributed by atoms with van der Waals surface area (Å²) in [5.74, 6) is 0.543. The predicted molar refractivity (Wildman–Crippen MR) is 77.0 cm³/mol. The van der Waals surface area contributed by atoms with Gasteiger partial charge in [-0.1, -0.05) is 39.0 Å². The summed E-state index contributed by atoms with van der Waals surface area (Å²) < 4.78 is 5.00. The summed E-state index contributed by atoms with van der Waals surface area (Å²) in [6.45, 7) is 2.20. The van der Waals surface area contributed by atoms with Gasteiger partial charge in [-0.15, -0.1) is 0 Å². The first-order valence-corrected chi connectivity index (χ1v) is 7.09. The van der Waals surface area contributed by atoms with Gasteiger partial charge in [-0.25, -0.2) is 0 Å². The molecule has 0 saturated heterocycles. The van der Waals surface area contributed by atoms with Crippen molar-refractivity contribution < 1.29 is 14.6 Å². The van der Waals surface area contributed by atoms with Crippen LogP contribution in [0.3, 0.4) is 0 Å². The number of benzene rings is 1. The summed E-state index contributed by atoms with van der Waals surface area (Å²) in [7, 11) is 1.48. The molecule has 0 aliphatic heterocycles. The van der Waals surface area contributed by atoms with Crippen LogP contribution in [0, 0.1) is 0 Å². The van der Waals surface area contributed by atoms with Gasteiger partial charge in [-0.3, -0.25) is 4.79 Å². The fourth-order valence-electron chi connectivity index (χ4n) is 2.06. The molecule has 0 amide bonds. The number of carbonyl (C=O) groups excluding carboxylic acids is 1. The molecule has 0 atom stereocenters. The topological polar surface area (TPSA) is 46.5 Å². The molecule has 3 heteroatoms. The molecule has 1 rings (SSSR count). The fourth-order valence-corrected chi connectivity index (χ4v) is 2.06. The van der Waals surface area contributed by atoms with Gasteiger partial charge >= 0.3 is 0 Å². The van der Waals surface area contributed by atoms with Gasteiger partial charge in [0.05, 0.1) is 7.11 Å². The zero-order chi connectivity index (χ0) is 14.1. The van der Waals surface area contributed by atoms with E-state index >= 15 is 0 Å². The molecule has 3 nitrogen and oxygen atoms in total. The van der Waals surface area contributed by atoms with Crippen molar-refractivity contribution in [1.29, 1.82) is 0 Å². The minimum atomic E-state index is 0.0682. The standard InChI is InChI=1S/C16H24O3/c1-3-4-5-6-7-8-9-14(17)13-10-11-15(18)16(12-13)19-2/h10-12,18H,3-9H2,1-2H3. The van der Waals surface area contributed by atoms with E-state index in [2.05, 4.69) is 6.92 Å². The highest BCUT2D eigenvalue weighted by atomic mass is 16.5. The van der Waals surface area contributed by atoms with E-state index in [1.54, 1.807) is 12.1 Å². The van der Waals surface area contributed by atoms with Crippen molar-refractivity contribution in [3.63, 3.8) is 0 Å². The number of ether oxygens (including phenoxy) is 1. The number of ketones is 1. The summed E-state index contributed by atoms with van der Waals surface area (Å²) >= 11 is 0. The normalized spacial score (nSPS) is 10.4. The van der Waals surface area contributed by atoms with Crippen LogP contribution in [-0.4, -0.2) is 18.0 Å². The van der Waals surface area contributed by atoms with Gasteiger partial charge in [0.2, 0.25) is 0 Å². The number of aromatic hydroxyl groups is 1. The molecule has 1 aromatic rings. The summed E-state index contributed by atoms with van der Waals surface area (Å²) in [5, 5.41) is 9.48. The summed E-state index contributed by atoms with van der Waals surface area (Å²) in [4.78, 5) is 12.0. The molecule has 0 radical (unpaired) electrons. The molecule has 0 bridgehead atoms. The van der Waals surface area contributed by atoms with Gasteiger partial charge in [-0.05, 0) is 24.6 Å². The van der Waals surface area contributed by atoms with Gasteiger partial charge < -0.3 is 9.84 Å². The minimum Gasteiger partial charge on any atom is -0.504 e. The Kier molecular flexibility index (Phi) is 7.01. The number of phenolic OH excluding ortho intramolecular Hbond substituents is 1. The third-order valence-electron chi connectivity index (χ3n) is 3.26. The molecule has 0 aromatic heterocycles. The van der Waals surface area contributed by atoms with Crippen molar-refractivity contribution in [2.75, 3.05) is 7.11 Å². The zero-order valence-corrected chi connectivity index (χ0v) is 11.9. The van der Waals surface area contributed by atoms with E-state index in [1.807, 2.05) is 0 Å². The smallest absolute Gasteiger partial charge is 0.163 e. The molecule has 0 fully saturated rings. The van der Waals surface area contributed by atoms with Crippen molar-refractivity contribution in [3.05, 3.63) is 23.8 Å². The average Bonchev–Trinajstić information content (AvgIpc) is 2.43. The van der Waals surface area contributed by atoms with Crippen LogP contribution in [0.15, 0.2) is 18.2 Å². The molecular formula is C16H24O3. The molecule has 0 aliphatic rings. The second-order valence-corrected chi connectivity index (χ2v) is 4.83. The summed E-state index contributed by atoms with van der Waals surface area (Å²) in [5.41, 5.74) is 0.614. The van der Waals surface area contributed by atoms with E-state index in [1.165, 1.54) is 38.9 Å². The SMILES string of the molecule is CCCCCCCCC(=O)c1ccc(O)c(OC)c1. The second-order valence-electron chi connectivity index (χ2n) is 4.83. The number of methoxy groups -OCH3 is 1. The van der Waals surface area contributed by atoms with E-state index in [0.717, 1.165) is 12.8 Å². The van der Waals surface area contributed by atoms with Crippen LogP contribution in [0.4, 0.5) is 0 Å². The van der Waals surface area contributed by atoms with E-state index in [9.17, 15) is 9.90 Å².